The number of hydrogen-bond acceptors (Lipinski definition) is 8. The summed E-state index contributed by atoms with van der Waals surface area (Å²) in [6.45, 7) is 9.48. The normalized spacial score (nSPS) is 13.6. The number of ether oxygens (including phenoxy) is 2. The van der Waals surface area contributed by atoms with Crippen molar-refractivity contribution in [1.82, 2.24) is 14.9 Å². The van der Waals surface area contributed by atoms with Crippen LogP contribution in [0.15, 0.2) is 67.4 Å². The third kappa shape index (κ3) is 8.10. The molecular weight excluding hydrogens is 541 g/mol. The summed E-state index contributed by atoms with van der Waals surface area (Å²) in [5, 5.41) is 8.10. The third-order valence-electron chi connectivity index (χ3n) is 5.57. The van der Waals surface area contributed by atoms with Crippen molar-refractivity contribution >= 4 is 40.8 Å². The molecule has 13 heteroatoms. The van der Waals surface area contributed by atoms with E-state index in [1.807, 2.05) is 0 Å². The molecule has 3 N–H and O–H groups in total. The quantitative estimate of drug-likeness (QED) is 0.278. The fraction of sp³-hybridized carbons (Fsp3) is 0.286. The van der Waals surface area contributed by atoms with Gasteiger partial charge in [-0.05, 0) is 57.2 Å². The fourth-order valence-corrected chi connectivity index (χ4v) is 3.71. The van der Waals surface area contributed by atoms with Gasteiger partial charge in [-0.2, -0.15) is 18.2 Å². The molecule has 41 heavy (non-hydrogen) atoms. The molecule has 1 fully saturated rings. The number of alkyl halides is 3. The molecule has 1 aromatic heterocycles. The van der Waals surface area contributed by atoms with Crippen molar-refractivity contribution in [1.29, 1.82) is 0 Å². The summed E-state index contributed by atoms with van der Waals surface area (Å²) in [6, 6.07) is 12.9. The molecule has 0 aliphatic carbocycles. The Bertz CT molecular complexity index is 1430. The van der Waals surface area contributed by atoms with Gasteiger partial charge < -0.3 is 30.3 Å². The summed E-state index contributed by atoms with van der Waals surface area (Å²) in [6.07, 6.45) is -3.61. The predicted octanol–water partition coefficient (Wildman–Crippen LogP) is 6.11. The number of nitrogens with one attached hydrogen (secondary N) is 3. The molecule has 0 bridgehead atoms. The number of carbonyl (C=O) groups excluding carboxylic acids is 2. The van der Waals surface area contributed by atoms with Crippen molar-refractivity contribution < 1.29 is 32.2 Å². The second-order valence-electron chi connectivity index (χ2n) is 10.1. The van der Waals surface area contributed by atoms with E-state index >= 15 is 0 Å². The average Bonchev–Trinajstić information content (AvgIpc) is 2.84. The molecule has 4 rings (SSSR count). The van der Waals surface area contributed by atoms with Gasteiger partial charge in [0.1, 0.15) is 28.8 Å². The van der Waals surface area contributed by atoms with Gasteiger partial charge in [0.25, 0.3) is 0 Å². The van der Waals surface area contributed by atoms with Gasteiger partial charge in [0.05, 0.1) is 13.1 Å². The maximum atomic E-state index is 13.7. The Hall–Kier alpha value is -4.81. The van der Waals surface area contributed by atoms with Crippen LogP contribution in [0.1, 0.15) is 26.3 Å². The van der Waals surface area contributed by atoms with Crippen LogP contribution in [0.25, 0.3) is 0 Å². The van der Waals surface area contributed by atoms with Gasteiger partial charge in [0, 0.05) is 29.3 Å². The Kier molecular flexibility index (Phi) is 8.36. The van der Waals surface area contributed by atoms with Gasteiger partial charge in [0.15, 0.2) is 0 Å². The van der Waals surface area contributed by atoms with E-state index in [-0.39, 0.29) is 17.7 Å². The van der Waals surface area contributed by atoms with Gasteiger partial charge in [0.2, 0.25) is 11.9 Å². The Morgan fingerprint density at radius 1 is 1.02 bits per heavy atom. The maximum absolute atomic E-state index is 13.7. The first kappa shape index (κ1) is 29.2. The minimum Gasteiger partial charge on any atom is -0.487 e. The first-order valence-corrected chi connectivity index (χ1v) is 12.6. The number of aromatic nitrogens is 2. The number of benzene rings is 2. The second kappa shape index (κ2) is 11.7. The maximum Gasteiger partial charge on any atom is 0.421 e. The van der Waals surface area contributed by atoms with Crippen molar-refractivity contribution in [2.45, 2.75) is 38.7 Å². The zero-order valence-electron chi connectivity index (χ0n) is 22.6. The van der Waals surface area contributed by atoms with Gasteiger partial charge in [-0.3, -0.25) is 4.79 Å². The third-order valence-corrected chi connectivity index (χ3v) is 5.57. The molecule has 2 amide bonds. The largest absolute Gasteiger partial charge is 0.487 e. The Labute approximate surface area is 234 Å². The standard InChI is InChI=1S/C28H29F3N6O4/c1-5-23(38)33-17-8-6-9-18(12-17)34-24-22(28(29,30)31)14-32-25(36-24)35-19-10-7-11-20(13-19)40-21-15-37(16-21)26(39)41-27(2,3)4/h5-14,21H,1,15-16H2,2-4H3,(H,33,38)(H2,32,34,35,36). The summed E-state index contributed by atoms with van der Waals surface area (Å²) in [5.74, 6) is -0.539. The molecule has 1 aliphatic rings. The zero-order valence-corrected chi connectivity index (χ0v) is 22.6. The van der Waals surface area contributed by atoms with Crippen LogP contribution in [0.4, 0.5) is 46.8 Å². The van der Waals surface area contributed by atoms with Crippen molar-refractivity contribution in [3.63, 3.8) is 0 Å². The second-order valence-corrected chi connectivity index (χ2v) is 10.1. The summed E-state index contributed by atoms with van der Waals surface area (Å²) in [7, 11) is 0. The van der Waals surface area contributed by atoms with Crippen molar-refractivity contribution in [3.8, 4) is 5.75 Å². The van der Waals surface area contributed by atoms with Crippen LogP contribution in [0, 0.1) is 0 Å². The van der Waals surface area contributed by atoms with Crippen molar-refractivity contribution in [2.75, 3.05) is 29.0 Å². The molecule has 3 aromatic rings. The molecule has 1 aliphatic heterocycles. The van der Waals surface area contributed by atoms with E-state index in [0.717, 1.165) is 6.08 Å². The highest BCUT2D eigenvalue weighted by atomic mass is 19.4. The minimum atomic E-state index is -4.72. The highest BCUT2D eigenvalue weighted by Crippen LogP contribution is 2.36. The van der Waals surface area contributed by atoms with Crippen molar-refractivity contribution in [3.05, 3.63) is 72.9 Å². The van der Waals surface area contributed by atoms with E-state index in [4.69, 9.17) is 9.47 Å². The smallest absolute Gasteiger partial charge is 0.421 e. The van der Waals surface area contributed by atoms with Gasteiger partial charge in [-0.15, -0.1) is 0 Å². The van der Waals surface area contributed by atoms with Crippen LogP contribution >= 0.6 is 0 Å². The Morgan fingerprint density at radius 3 is 2.34 bits per heavy atom. The monoisotopic (exact) mass is 570 g/mol. The number of nitrogens with zero attached hydrogens (tertiary/aromatic N) is 3. The lowest BCUT2D eigenvalue weighted by Crippen LogP contribution is -2.57. The predicted molar refractivity (Wildman–Crippen MR) is 148 cm³/mol. The number of rotatable bonds is 8. The molecule has 0 radical (unpaired) electrons. The van der Waals surface area contributed by atoms with E-state index in [0.29, 0.717) is 36.4 Å². The van der Waals surface area contributed by atoms with E-state index < -0.39 is 35.2 Å². The number of hydrogen-bond donors (Lipinski definition) is 3. The molecule has 1 saturated heterocycles. The number of likely N-dealkylation sites (tertiary alicyclic amines) is 1. The number of anilines is 5. The molecule has 0 unspecified atom stereocenters. The lowest BCUT2D eigenvalue weighted by Gasteiger charge is -2.39. The molecule has 216 valence electrons. The van der Waals surface area contributed by atoms with E-state index in [2.05, 4.69) is 32.5 Å². The molecule has 0 saturated carbocycles. The van der Waals surface area contributed by atoms with E-state index in [1.165, 1.54) is 17.0 Å². The fourth-order valence-electron chi connectivity index (χ4n) is 3.71. The molecule has 0 spiro atoms. The lowest BCUT2D eigenvalue weighted by atomic mass is 10.1. The highest BCUT2D eigenvalue weighted by molar-refractivity contribution is 5.99. The first-order chi connectivity index (χ1) is 19.3. The zero-order chi connectivity index (χ0) is 29.8. The van der Waals surface area contributed by atoms with Crippen molar-refractivity contribution in [2.24, 2.45) is 0 Å². The first-order valence-electron chi connectivity index (χ1n) is 12.6. The van der Waals surface area contributed by atoms with Crippen LogP contribution in [-0.4, -0.2) is 51.7 Å². The Morgan fingerprint density at radius 2 is 1.68 bits per heavy atom. The summed E-state index contributed by atoms with van der Waals surface area (Å²) in [5.41, 5.74) is -0.561. The van der Waals surface area contributed by atoms with E-state index in [9.17, 15) is 22.8 Å². The molecule has 2 aromatic carbocycles. The van der Waals surface area contributed by atoms with Crippen LogP contribution in [0.3, 0.4) is 0 Å². The number of carbonyl (C=O) groups is 2. The number of halogens is 3. The lowest BCUT2D eigenvalue weighted by molar-refractivity contribution is -0.137. The topological polar surface area (TPSA) is 118 Å². The van der Waals surface area contributed by atoms with Gasteiger partial charge >= 0.3 is 12.3 Å². The minimum absolute atomic E-state index is 0.0893. The summed E-state index contributed by atoms with van der Waals surface area (Å²) in [4.78, 5) is 33.1. The molecule has 10 nitrogen and oxygen atoms in total. The number of amides is 2. The van der Waals surface area contributed by atoms with Crippen LogP contribution in [0.2, 0.25) is 0 Å². The van der Waals surface area contributed by atoms with Crippen LogP contribution in [0.5, 0.6) is 5.75 Å². The van der Waals surface area contributed by atoms with Crippen LogP contribution < -0.4 is 20.7 Å². The summed E-state index contributed by atoms with van der Waals surface area (Å²) >= 11 is 0. The molecular formula is C28H29F3N6O4. The summed E-state index contributed by atoms with van der Waals surface area (Å²) < 4.78 is 52.4. The van der Waals surface area contributed by atoms with Gasteiger partial charge in [-0.25, -0.2) is 9.78 Å². The average molecular weight is 571 g/mol. The highest BCUT2D eigenvalue weighted by Gasteiger charge is 2.36. The molecule has 2 heterocycles. The Balaban J connectivity index is 1.45. The SMILES string of the molecule is C=CC(=O)Nc1cccc(Nc2nc(Nc3cccc(OC4CN(C(=O)OC(C)(C)C)C4)c3)ncc2C(F)(F)F)c1. The molecule has 0 atom stereocenters. The van der Waals surface area contributed by atoms with E-state index in [1.54, 1.807) is 57.2 Å². The van der Waals surface area contributed by atoms with Crippen LogP contribution in [-0.2, 0) is 15.7 Å². The van der Waals surface area contributed by atoms with Gasteiger partial charge in [-0.1, -0.05) is 18.7 Å².